The third kappa shape index (κ3) is 3.65. The van der Waals surface area contributed by atoms with Gasteiger partial charge in [-0.2, -0.15) is 5.26 Å². The highest BCUT2D eigenvalue weighted by molar-refractivity contribution is 6.07. The number of amides is 1. The van der Waals surface area contributed by atoms with Crippen molar-refractivity contribution in [3.8, 4) is 6.07 Å². The Labute approximate surface area is 134 Å². The molecule has 0 radical (unpaired) electrons. The van der Waals surface area contributed by atoms with E-state index >= 15 is 0 Å². The number of nitriles is 1. The molecule has 1 aromatic heterocycles. The van der Waals surface area contributed by atoms with E-state index in [9.17, 15) is 4.79 Å². The lowest BCUT2D eigenvalue weighted by Gasteiger charge is -2.26. The molecule has 6 nitrogen and oxygen atoms in total. The Balaban J connectivity index is 1.69. The predicted octanol–water partition coefficient (Wildman–Crippen LogP) is 2.26. The van der Waals surface area contributed by atoms with E-state index in [2.05, 4.69) is 15.6 Å². The molecular weight excluding hydrogens is 292 g/mol. The second-order valence-corrected chi connectivity index (χ2v) is 5.33. The first-order valence-electron chi connectivity index (χ1n) is 7.34. The van der Waals surface area contributed by atoms with Gasteiger partial charge in [0.05, 0.1) is 30.4 Å². The Bertz CT molecular complexity index is 733. The number of hydrogen-bond donors (Lipinski definition) is 2. The Kier molecular flexibility index (Phi) is 4.50. The summed E-state index contributed by atoms with van der Waals surface area (Å²) < 4.78 is 5.14. The van der Waals surface area contributed by atoms with Gasteiger partial charge in [-0.25, -0.2) is 4.98 Å². The third-order valence-corrected chi connectivity index (χ3v) is 3.59. The molecule has 0 aliphatic carbocycles. The summed E-state index contributed by atoms with van der Waals surface area (Å²) in [5.41, 5.74) is 1.67. The van der Waals surface area contributed by atoms with Gasteiger partial charge in [0.1, 0.15) is 5.82 Å². The Morgan fingerprint density at radius 1 is 1.30 bits per heavy atom. The van der Waals surface area contributed by atoms with Crippen LogP contribution in [0.25, 0.3) is 0 Å². The fraction of sp³-hybridized carbons (Fsp3) is 0.235. The summed E-state index contributed by atoms with van der Waals surface area (Å²) in [6.07, 6.45) is 1.65. The molecule has 0 unspecified atom stereocenters. The van der Waals surface area contributed by atoms with Crippen molar-refractivity contribution in [2.75, 3.05) is 30.4 Å². The van der Waals surface area contributed by atoms with Crippen molar-refractivity contribution < 1.29 is 9.53 Å². The van der Waals surface area contributed by atoms with Crippen LogP contribution in [0.15, 0.2) is 42.6 Å². The summed E-state index contributed by atoms with van der Waals surface area (Å²) in [6.45, 7) is 2.22. The number of hydrogen-bond acceptors (Lipinski definition) is 5. The summed E-state index contributed by atoms with van der Waals surface area (Å²) in [7, 11) is 0. The topological polar surface area (TPSA) is 87.0 Å². The fourth-order valence-electron chi connectivity index (χ4n) is 2.20. The highest BCUT2D eigenvalue weighted by Crippen LogP contribution is 2.17. The first-order chi connectivity index (χ1) is 11.3. The Morgan fingerprint density at radius 3 is 2.74 bits per heavy atom. The average molecular weight is 308 g/mol. The van der Waals surface area contributed by atoms with Crippen LogP contribution in [0.3, 0.4) is 0 Å². The molecule has 2 N–H and O–H groups in total. The maximum absolute atomic E-state index is 12.4. The van der Waals surface area contributed by atoms with Crippen molar-refractivity contribution in [2.24, 2.45) is 5.92 Å². The molecule has 0 saturated carbocycles. The molecule has 1 fully saturated rings. The van der Waals surface area contributed by atoms with Crippen molar-refractivity contribution in [2.45, 2.75) is 0 Å². The van der Waals surface area contributed by atoms with Crippen LogP contribution < -0.4 is 10.6 Å². The molecule has 1 aliphatic heterocycles. The van der Waals surface area contributed by atoms with Gasteiger partial charge < -0.3 is 15.4 Å². The first-order valence-corrected chi connectivity index (χ1v) is 7.34. The molecule has 1 saturated heterocycles. The quantitative estimate of drug-likeness (QED) is 0.884. The van der Waals surface area contributed by atoms with E-state index in [0.717, 1.165) is 19.8 Å². The largest absolute Gasteiger partial charge is 0.381 e. The standard InChI is InChI=1S/C17H16N4O2/c18-8-12-3-5-14(6-4-12)21-17(22)15-2-1-7-19-16(15)20-9-13-10-23-11-13/h1-7,13H,9-11H2,(H,19,20)(H,21,22). The molecule has 6 heteroatoms. The lowest BCUT2D eigenvalue weighted by Crippen LogP contribution is -2.34. The number of pyridine rings is 1. The van der Waals surface area contributed by atoms with Crippen molar-refractivity contribution in [3.05, 3.63) is 53.7 Å². The lowest BCUT2D eigenvalue weighted by atomic mass is 10.1. The van der Waals surface area contributed by atoms with Gasteiger partial charge in [0, 0.05) is 24.3 Å². The summed E-state index contributed by atoms with van der Waals surface area (Å²) >= 11 is 0. The maximum Gasteiger partial charge on any atom is 0.259 e. The minimum absolute atomic E-state index is 0.241. The number of nitrogens with zero attached hydrogens (tertiary/aromatic N) is 2. The maximum atomic E-state index is 12.4. The molecular formula is C17H16N4O2. The number of carbonyl (C=O) groups excluding carboxylic acids is 1. The Morgan fingerprint density at radius 2 is 2.09 bits per heavy atom. The van der Waals surface area contributed by atoms with Crippen molar-refractivity contribution in [1.29, 1.82) is 5.26 Å². The van der Waals surface area contributed by atoms with Gasteiger partial charge in [-0.3, -0.25) is 4.79 Å². The van der Waals surface area contributed by atoms with Gasteiger partial charge in [0.2, 0.25) is 0 Å². The molecule has 0 spiro atoms. The normalized spacial score (nSPS) is 13.7. The van der Waals surface area contributed by atoms with Gasteiger partial charge in [0.15, 0.2) is 0 Å². The number of benzene rings is 1. The first kappa shape index (κ1) is 15.0. The summed E-state index contributed by atoms with van der Waals surface area (Å²) in [5.74, 6) is 0.784. The smallest absolute Gasteiger partial charge is 0.259 e. The average Bonchev–Trinajstić information content (AvgIpc) is 2.54. The predicted molar refractivity (Wildman–Crippen MR) is 86.1 cm³/mol. The summed E-state index contributed by atoms with van der Waals surface area (Å²) in [5, 5.41) is 14.8. The number of nitrogens with one attached hydrogen (secondary N) is 2. The van der Waals surface area contributed by atoms with Crippen LogP contribution in [-0.4, -0.2) is 30.6 Å². The van der Waals surface area contributed by atoms with Crippen LogP contribution in [0.2, 0.25) is 0 Å². The molecule has 3 rings (SSSR count). The van der Waals surface area contributed by atoms with E-state index in [0.29, 0.717) is 28.6 Å². The third-order valence-electron chi connectivity index (χ3n) is 3.59. The van der Waals surface area contributed by atoms with Gasteiger partial charge in [-0.15, -0.1) is 0 Å². The zero-order valence-corrected chi connectivity index (χ0v) is 12.5. The molecule has 116 valence electrons. The molecule has 1 amide bonds. The van der Waals surface area contributed by atoms with E-state index in [4.69, 9.17) is 10.00 Å². The highest BCUT2D eigenvalue weighted by atomic mass is 16.5. The molecule has 0 atom stereocenters. The van der Waals surface area contributed by atoms with Crippen LogP contribution in [-0.2, 0) is 4.74 Å². The Hall–Kier alpha value is -2.91. The fourth-order valence-corrected chi connectivity index (χ4v) is 2.20. The van der Waals surface area contributed by atoms with Gasteiger partial charge in [-0.1, -0.05) is 0 Å². The zero-order chi connectivity index (χ0) is 16.1. The second-order valence-electron chi connectivity index (χ2n) is 5.33. The van der Waals surface area contributed by atoms with Crippen LogP contribution in [0.1, 0.15) is 15.9 Å². The number of anilines is 2. The summed E-state index contributed by atoms with van der Waals surface area (Å²) in [4.78, 5) is 16.7. The van der Waals surface area contributed by atoms with E-state index in [1.807, 2.05) is 6.07 Å². The van der Waals surface area contributed by atoms with Crippen LogP contribution in [0.4, 0.5) is 11.5 Å². The number of aromatic nitrogens is 1. The minimum atomic E-state index is -0.241. The van der Waals surface area contributed by atoms with Crippen molar-refractivity contribution in [1.82, 2.24) is 4.98 Å². The van der Waals surface area contributed by atoms with Gasteiger partial charge in [-0.05, 0) is 36.4 Å². The molecule has 23 heavy (non-hydrogen) atoms. The molecule has 2 aromatic rings. The van der Waals surface area contributed by atoms with Gasteiger partial charge in [0.25, 0.3) is 5.91 Å². The molecule has 1 aliphatic rings. The van der Waals surface area contributed by atoms with Crippen molar-refractivity contribution in [3.63, 3.8) is 0 Å². The van der Waals surface area contributed by atoms with E-state index in [1.165, 1.54) is 0 Å². The molecule has 0 bridgehead atoms. The number of rotatable bonds is 5. The van der Waals surface area contributed by atoms with E-state index in [-0.39, 0.29) is 5.91 Å². The van der Waals surface area contributed by atoms with E-state index < -0.39 is 0 Å². The monoisotopic (exact) mass is 308 g/mol. The lowest BCUT2D eigenvalue weighted by molar-refractivity contribution is -0.0248. The van der Waals surface area contributed by atoms with E-state index in [1.54, 1.807) is 42.6 Å². The second kappa shape index (κ2) is 6.90. The van der Waals surface area contributed by atoms with Crippen LogP contribution in [0.5, 0.6) is 0 Å². The zero-order valence-electron chi connectivity index (χ0n) is 12.5. The molecule has 2 heterocycles. The molecule has 1 aromatic carbocycles. The van der Waals surface area contributed by atoms with Gasteiger partial charge >= 0.3 is 0 Å². The van der Waals surface area contributed by atoms with Crippen molar-refractivity contribution >= 4 is 17.4 Å². The SMILES string of the molecule is N#Cc1ccc(NC(=O)c2cccnc2NCC2COC2)cc1. The number of ether oxygens (including phenoxy) is 1. The number of carbonyl (C=O) groups is 1. The van der Waals surface area contributed by atoms with Crippen LogP contribution >= 0.6 is 0 Å². The highest BCUT2D eigenvalue weighted by Gasteiger charge is 2.19. The minimum Gasteiger partial charge on any atom is -0.381 e. The summed E-state index contributed by atoms with van der Waals surface area (Å²) in [6, 6.07) is 12.2. The van der Waals surface area contributed by atoms with Crippen LogP contribution in [0, 0.1) is 17.2 Å².